The number of anilines is 3. The third kappa shape index (κ3) is 6.88. The lowest BCUT2D eigenvalue weighted by Crippen LogP contribution is -2.16. The molecule has 3 amide bonds. The van der Waals surface area contributed by atoms with Crippen LogP contribution in [0.15, 0.2) is 61.1 Å². The van der Waals surface area contributed by atoms with Crippen molar-refractivity contribution in [1.82, 2.24) is 30.2 Å². The van der Waals surface area contributed by atoms with Crippen LogP contribution in [0.3, 0.4) is 0 Å². The third-order valence-electron chi connectivity index (χ3n) is 6.25. The molecule has 0 atom stereocenters. The van der Waals surface area contributed by atoms with Crippen molar-refractivity contribution in [3.05, 3.63) is 77.5 Å². The molecule has 0 fully saturated rings. The fraction of sp³-hybridized carbons (Fsp3) is 0.179. The summed E-state index contributed by atoms with van der Waals surface area (Å²) in [5.41, 5.74) is 3.23. The Kier molecular flexibility index (Phi) is 8.68. The van der Waals surface area contributed by atoms with Crippen molar-refractivity contribution in [2.45, 2.75) is 25.7 Å². The summed E-state index contributed by atoms with van der Waals surface area (Å²) in [6, 6.07) is 8.26. The zero-order valence-electron chi connectivity index (χ0n) is 22.4. The van der Waals surface area contributed by atoms with E-state index < -0.39 is 12.0 Å². The molecule has 42 heavy (non-hydrogen) atoms. The number of halogens is 1. The number of methoxy groups -OCH3 is 1. The number of ether oxygens (including phenoxy) is 1. The number of benzene rings is 2. The molecule has 214 valence electrons. The van der Waals surface area contributed by atoms with E-state index in [4.69, 9.17) is 16.3 Å². The summed E-state index contributed by atoms with van der Waals surface area (Å²) in [6.45, 7) is 0. The first-order valence-corrected chi connectivity index (χ1v) is 13.3. The molecule has 0 saturated heterocycles. The van der Waals surface area contributed by atoms with Gasteiger partial charge in [-0.25, -0.2) is 9.78 Å². The number of carbonyl (C=O) groups excluding carboxylic acids is 3. The number of aromatic amines is 1. The van der Waals surface area contributed by atoms with Crippen molar-refractivity contribution >= 4 is 52.6 Å². The largest absolute Gasteiger partial charge is 0.453 e. The average Bonchev–Trinajstić information content (AvgIpc) is 3.66. The van der Waals surface area contributed by atoms with Gasteiger partial charge in [-0.2, -0.15) is 4.68 Å². The van der Waals surface area contributed by atoms with Gasteiger partial charge >= 0.3 is 6.09 Å². The number of aromatic nitrogens is 6. The van der Waals surface area contributed by atoms with Crippen LogP contribution in [0.2, 0.25) is 5.02 Å². The smallest absolute Gasteiger partial charge is 0.411 e. The molecule has 4 N–H and O–H groups in total. The second-order valence-electron chi connectivity index (χ2n) is 9.18. The fourth-order valence-corrected chi connectivity index (χ4v) is 4.53. The molecule has 1 aliphatic rings. The molecular formula is C28H26ClN9O4. The van der Waals surface area contributed by atoms with Gasteiger partial charge in [0.2, 0.25) is 11.8 Å². The highest BCUT2D eigenvalue weighted by Crippen LogP contribution is 2.38. The number of aryl methyl sites for hydroxylation is 1. The van der Waals surface area contributed by atoms with Crippen molar-refractivity contribution in [3.63, 3.8) is 0 Å². The number of nitrogens with zero attached hydrogens (tertiary/aromatic N) is 5. The number of nitrogens with one attached hydrogen (secondary N) is 4. The number of rotatable bonds is 5. The Bertz CT molecular complexity index is 1680. The topological polar surface area (TPSA) is 169 Å². The quantitative estimate of drug-likeness (QED) is 0.191. The molecule has 2 aromatic carbocycles. The molecule has 2 bridgehead atoms. The predicted molar refractivity (Wildman–Crippen MR) is 157 cm³/mol. The zero-order chi connectivity index (χ0) is 29.5. The number of carbonyl (C=O) groups is 3. The highest BCUT2D eigenvalue weighted by atomic mass is 35.5. The fourth-order valence-electron chi connectivity index (χ4n) is 4.35. The lowest BCUT2D eigenvalue weighted by atomic mass is 10.0. The van der Waals surface area contributed by atoms with Crippen LogP contribution in [-0.2, 0) is 20.7 Å². The highest BCUT2D eigenvalue weighted by molar-refractivity contribution is 6.30. The minimum Gasteiger partial charge on any atom is -0.453 e. The van der Waals surface area contributed by atoms with Gasteiger partial charge in [-0.3, -0.25) is 14.9 Å². The molecule has 3 heterocycles. The maximum absolute atomic E-state index is 13.3. The van der Waals surface area contributed by atoms with E-state index in [1.807, 2.05) is 12.2 Å². The molecule has 0 saturated carbocycles. The van der Waals surface area contributed by atoms with Gasteiger partial charge in [0.25, 0.3) is 0 Å². The molecule has 0 unspecified atom stereocenters. The first-order chi connectivity index (χ1) is 20.4. The number of amides is 3. The number of imidazole rings is 1. The van der Waals surface area contributed by atoms with Gasteiger partial charge in [-0.05, 0) is 59.7 Å². The molecule has 14 heteroatoms. The van der Waals surface area contributed by atoms with E-state index in [0.29, 0.717) is 57.4 Å². The molecule has 2 aromatic heterocycles. The molecule has 13 nitrogen and oxygen atoms in total. The Labute approximate surface area is 245 Å². The van der Waals surface area contributed by atoms with Gasteiger partial charge in [0.1, 0.15) is 12.2 Å². The summed E-state index contributed by atoms with van der Waals surface area (Å²) in [6.07, 6.45) is 11.5. The lowest BCUT2D eigenvalue weighted by Gasteiger charge is -2.18. The molecule has 1 aliphatic heterocycles. The second kappa shape index (κ2) is 12.9. The number of fused-ring (bicyclic) bond motifs is 4. The van der Waals surface area contributed by atoms with Crippen molar-refractivity contribution in [3.8, 4) is 16.9 Å². The summed E-state index contributed by atoms with van der Waals surface area (Å²) in [5.74, 6) is 0.0211. The van der Waals surface area contributed by atoms with Gasteiger partial charge < -0.3 is 20.4 Å². The van der Waals surface area contributed by atoms with E-state index in [2.05, 4.69) is 41.4 Å². The molecule has 0 spiro atoms. The van der Waals surface area contributed by atoms with Crippen molar-refractivity contribution in [2.75, 3.05) is 23.1 Å². The molecule has 4 aromatic rings. The SMILES string of the molecule is COC(=O)Nc1cc(NC(=O)C=Cc2cc(Cl)ccc2-n2cnnn2)c2c(c1)NC(=O)CCC=CCCc1ncc-2[nH]1. The number of H-pyrrole nitrogens is 1. The van der Waals surface area contributed by atoms with E-state index in [9.17, 15) is 14.4 Å². The van der Waals surface area contributed by atoms with E-state index in [1.54, 1.807) is 42.6 Å². The average molecular weight is 588 g/mol. The zero-order valence-corrected chi connectivity index (χ0v) is 23.2. The summed E-state index contributed by atoms with van der Waals surface area (Å²) >= 11 is 6.20. The molecular weight excluding hydrogens is 562 g/mol. The first-order valence-electron chi connectivity index (χ1n) is 12.9. The molecule has 0 radical (unpaired) electrons. The number of hydrogen-bond donors (Lipinski definition) is 4. The lowest BCUT2D eigenvalue weighted by molar-refractivity contribution is -0.116. The summed E-state index contributed by atoms with van der Waals surface area (Å²) in [4.78, 5) is 45.9. The molecule has 5 rings (SSSR count). The minimum atomic E-state index is -0.715. The molecule has 0 aliphatic carbocycles. The Morgan fingerprint density at radius 2 is 1.95 bits per heavy atom. The van der Waals surface area contributed by atoms with Crippen LogP contribution < -0.4 is 16.0 Å². The highest BCUT2D eigenvalue weighted by Gasteiger charge is 2.20. The van der Waals surface area contributed by atoms with Crippen LogP contribution in [0.4, 0.5) is 21.9 Å². The number of tetrazole rings is 1. The van der Waals surface area contributed by atoms with E-state index >= 15 is 0 Å². The van der Waals surface area contributed by atoms with Gasteiger partial charge in [-0.15, -0.1) is 5.10 Å². The van der Waals surface area contributed by atoms with Crippen LogP contribution >= 0.6 is 11.6 Å². The van der Waals surface area contributed by atoms with Crippen LogP contribution in [0, 0.1) is 0 Å². The Morgan fingerprint density at radius 3 is 2.74 bits per heavy atom. The summed E-state index contributed by atoms with van der Waals surface area (Å²) in [5, 5.41) is 20.1. The van der Waals surface area contributed by atoms with Gasteiger partial charge in [0, 0.05) is 40.8 Å². The van der Waals surface area contributed by atoms with E-state index in [1.165, 1.54) is 24.2 Å². The Balaban J connectivity index is 1.53. The maximum atomic E-state index is 13.3. The Morgan fingerprint density at radius 1 is 1.12 bits per heavy atom. The monoisotopic (exact) mass is 587 g/mol. The van der Waals surface area contributed by atoms with Gasteiger partial charge in [-0.1, -0.05) is 23.8 Å². The van der Waals surface area contributed by atoms with E-state index in [-0.39, 0.29) is 12.3 Å². The third-order valence-corrected chi connectivity index (χ3v) is 6.49. The predicted octanol–water partition coefficient (Wildman–Crippen LogP) is 4.76. The van der Waals surface area contributed by atoms with Crippen LogP contribution in [0.25, 0.3) is 23.0 Å². The number of allylic oxidation sites excluding steroid dienone is 2. The van der Waals surface area contributed by atoms with Crippen molar-refractivity contribution in [2.24, 2.45) is 0 Å². The van der Waals surface area contributed by atoms with Gasteiger partial charge in [0.05, 0.1) is 36.1 Å². The van der Waals surface area contributed by atoms with Crippen LogP contribution in [-0.4, -0.2) is 55.2 Å². The normalized spacial score (nSPS) is 13.3. The van der Waals surface area contributed by atoms with Crippen molar-refractivity contribution in [1.29, 1.82) is 0 Å². The minimum absolute atomic E-state index is 0.233. The summed E-state index contributed by atoms with van der Waals surface area (Å²) < 4.78 is 6.19. The van der Waals surface area contributed by atoms with E-state index in [0.717, 1.165) is 12.2 Å². The van der Waals surface area contributed by atoms with Crippen molar-refractivity contribution < 1.29 is 19.1 Å². The van der Waals surface area contributed by atoms with Crippen LogP contribution in [0.1, 0.15) is 30.7 Å². The second-order valence-corrected chi connectivity index (χ2v) is 9.62. The standard InChI is InChI=1S/C28H26ClN9O4/c1-42-28(41)32-19-13-20-27(22-15-30-24(33-22)6-4-2-3-5-7-25(39)34-20)21(14-19)35-26(40)11-8-17-12-18(29)9-10-23(17)38-16-31-36-37-38/h2-3,8-16H,4-7H2,1H3,(H,30,33)(H,32,41)(H,34,39)(H,35,40). The number of hydrogen-bond acceptors (Lipinski definition) is 8. The Hall–Kier alpha value is -5.30. The van der Waals surface area contributed by atoms with Gasteiger partial charge in [0.15, 0.2) is 0 Å². The maximum Gasteiger partial charge on any atom is 0.411 e. The first kappa shape index (κ1) is 28.2. The van der Waals surface area contributed by atoms with Crippen LogP contribution in [0.5, 0.6) is 0 Å². The summed E-state index contributed by atoms with van der Waals surface area (Å²) in [7, 11) is 1.24.